The van der Waals surface area contributed by atoms with Crippen LogP contribution in [0.3, 0.4) is 0 Å². The minimum absolute atomic E-state index is 0.0116. The summed E-state index contributed by atoms with van der Waals surface area (Å²) in [5.74, 6) is 13.1. The lowest BCUT2D eigenvalue weighted by Crippen LogP contribution is -2.31. The first-order chi connectivity index (χ1) is 13.1. The highest BCUT2D eigenvalue weighted by Crippen LogP contribution is 2.50. The molecule has 0 spiro atoms. The second-order valence-corrected chi connectivity index (χ2v) is 8.93. The normalized spacial score (nSPS) is 29.8. The van der Waals surface area contributed by atoms with Crippen molar-refractivity contribution in [2.45, 2.75) is 38.9 Å². The smallest absolute Gasteiger partial charge is 0.119 e. The second-order valence-electron chi connectivity index (χ2n) is 8.93. The summed E-state index contributed by atoms with van der Waals surface area (Å²) in [6.45, 7) is 6.85. The van der Waals surface area contributed by atoms with Gasteiger partial charge >= 0.3 is 0 Å². The van der Waals surface area contributed by atoms with Crippen LogP contribution in [-0.2, 0) is 0 Å². The number of hydrogen-bond acceptors (Lipinski definition) is 2. The highest BCUT2D eigenvalue weighted by atomic mass is 16.3. The molecule has 0 radical (unpaired) electrons. The van der Waals surface area contributed by atoms with Crippen LogP contribution >= 0.6 is 0 Å². The minimum atomic E-state index is -1.00. The van der Waals surface area contributed by atoms with Crippen LogP contribution in [0.15, 0.2) is 70.9 Å². The van der Waals surface area contributed by atoms with E-state index in [9.17, 15) is 10.2 Å². The summed E-state index contributed by atoms with van der Waals surface area (Å²) in [6, 6.07) is 0. The Balaban J connectivity index is 1.78. The predicted molar refractivity (Wildman–Crippen MR) is 113 cm³/mol. The second kappa shape index (κ2) is 6.52. The van der Waals surface area contributed by atoms with Crippen LogP contribution in [0.4, 0.5) is 0 Å². The van der Waals surface area contributed by atoms with Crippen molar-refractivity contribution in [3.05, 3.63) is 70.9 Å². The van der Waals surface area contributed by atoms with Crippen molar-refractivity contribution in [1.29, 1.82) is 0 Å². The zero-order valence-corrected chi connectivity index (χ0v) is 16.8. The summed E-state index contributed by atoms with van der Waals surface area (Å²) in [5.41, 5.74) is 3.09. The number of rotatable bonds is 0. The van der Waals surface area contributed by atoms with Crippen LogP contribution in [0, 0.1) is 47.4 Å². The van der Waals surface area contributed by atoms with E-state index in [1.807, 2.05) is 0 Å². The molecule has 0 saturated heterocycles. The molecule has 4 atom stereocenters. The molecular formula is C26H26O2. The van der Waals surface area contributed by atoms with Crippen LogP contribution in [0.5, 0.6) is 0 Å². The third-order valence-corrected chi connectivity index (χ3v) is 5.39. The first-order valence-corrected chi connectivity index (χ1v) is 9.83. The molecule has 0 aromatic carbocycles. The van der Waals surface area contributed by atoms with Crippen molar-refractivity contribution in [2.75, 3.05) is 0 Å². The Morgan fingerprint density at radius 3 is 2.11 bits per heavy atom. The summed E-state index contributed by atoms with van der Waals surface area (Å²) >= 11 is 0. The molecule has 0 heterocycles. The molecule has 2 N–H and O–H groups in total. The van der Waals surface area contributed by atoms with Gasteiger partial charge < -0.3 is 10.2 Å². The lowest BCUT2D eigenvalue weighted by atomic mass is 9.62. The fourth-order valence-corrected chi connectivity index (χ4v) is 4.21. The highest BCUT2D eigenvalue weighted by Gasteiger charge is 2.40. The molecule has 0 saturated carbocycles. The molecule has 0 amide bonds. The average molecular weight is 370 g/mol. The van der Waals surface area contributed by atoms with E-state index in [2.05, 4.69) is 72.3 Å². The fraction of sp³-hybridized carbons (Fsp3) is 0.385. The predicted octanol–water partition coefficient (Wildman–Crippen LogP) is 3.87. The van der Waals surface area contributed by atoms with Gasteiger partial charge in [-0.2, -0.15) is 0 Å². The van der Waals surface area contributed by atoms with E-state index in [4.69, 9.17) is 0 Å². The van der Waals surface area contributed by atoms with Gasteiger partial charge in [-0.15, -0.1) is 0 Å². The van der Waals surface area contributed by atoms with E-state index in [0.29, 0.717) is 5.92 Å². The minimum Gasteiger partial charge on any atom is -0.378 e. The first kappa shape index (κ1) is 18.8. The summed E-state index contributed by atoms with van der Waals surface area (Å²) in [5, 5.41) is 20.0. The zero-order chi connectivity index (χ0) is 20.1. The van der Waals surface area contributed by atoms with Gasteiger partial charge in [0.2, 0.25) is 0 Å². The monoisotopic (exact) mass is 370 g/mol. The van der Waals surface area contributed by atoms with Gasteiger partial charge in [-0.3, -0.25) is 0 Å². The Morgan fingerprint density at radius 1 is 0.786 bits per heavy atom. The van der Waals surface area contributed by atoms with Crippen molar-refractivity contribution in [2.24, 2.45) is 23.7 Å². The Hall–Kier alpha value is -2.52. The maximum Gasteiger partial charge on any atom is 0.119 e. The summed E-state index contributed by atoms with van der Waals surface area (Å²) in [4.78, 5) is 0. The summed E-state index contributed by atoms with van der Waals surface area (Å²) in [7, 11) is 0. The molecule has 2 heteroatoms. The van der Waals surface area contributed by atoms with Crippen LogP contribution in [0.2, 0.25) is 0 Å². The zero-order valence-electron chi connectivity index (χ0n) is 16.8. The van der Waals surface area contributed by atoms with Gasteiger partial charge in [-0.1, -0.05) is 72.3 Å². The largest absolute Gasteiger partial charge is 0.378 e. The molecule has 0 fully saturated rings. The van der Waals surface area contributed by atoms with E-state index >= 15 is 0 Å². The molecule has 4 aliphatic rings. The van der Waals surface area contributed by atoms with E-state index in [0.717, 1.165) is 0 Å². The topological polar surface area (TPSA) is 40.5 Å². The lowest BCUT2D eigenvalue weighted by molar-refractivity contribution is 0.143. The van der Waals surface area contributed by atoms with Crippen molar-refractivity contribution < 1.29 is 10.2 Å². The molecular weight excluding hydrogens is 344 g/mol. The van der Waals surface area contributed by atoms with Crippen molar-refractivity contribution in [3.63, 3.8) is 0 Å². The van der Waals surface area contributed by atoms with Crippen LogP contribution in [0.1, 0.15) is 27.7 Å². The van der Waals surface area contributed by atoms with Crippen molar-refractivity contribution >= 4 is 0 Å². The van der Waals surface area contributed by atoms with Gasteiger partial charge in [0.05, 0.1) is 11.8 Å². The van der Waals surface area contributed by atoms with E-state index < -0.39 is 11.2 Å². The van der Waals surface area contributed by atoms with Gasteiger partial charge in [0.25, 0.3) is 0 Å². The lowest BCUT2D eigenvalue weighted by Gasteiger charge is -2.41. The Labute approximate surface area is 167 Å². The summed E-state index contributed by atoms with van der Waals surface area (Å²) in [6.07, 6.45) is 17.5. The molecule has 2 nitrogen and oxygen atoms in total. The Bertz CT molecular complexity index is 1000. The number of allylic oxidation sites excluding steroid dienone is 12. The quantitative estimate of drug-likeness (QED) is 0.502. The van der Waals surface area contributed by atoms with E-state index in [-0.39, 0.29) is 17.8 Å². The van der Waals surface area contributed by atoms with Gasteiger partial charge in [-0.25, -0.2) is 0 Å². The number of hydrogen-bond donors (Lipinski definition) is 2. The summed E-state index contributed by atoms with van der Waals surface area (Å²) < 4.78 is 0. The first-order valence-electron chi connectivity index (χ1n) is 9.83. The molecule has 4 unspecified atom stereocenters. The molecule has 0 aliphatic heterocycles. The highest BCUT2D eigenvalue weighted by molar-refractivity contribution is 5.64. The molecule has 0 aromatic rings. The van der Waals surface area contributed by atoms with E-state index in [1.54, 1.807) is 27.7 Å². The molecule has 4 aliphatic carbocycles. The Morgan fingerprint density at radius 2 is 1.43 bits per heavy atom. The maximum absolute atomic E-state index is 10.0. The maximum atomic E-state index is 10.0. The van der Waals surface area contributed by atoms with Crippen LogP contribution in [0.25, 0.3) is 0 Å². The van der Waals surface area contributed by atoms with E-state index in [1.165, 1.54) is 22.3 Å². The van der Waals surface area contributed by atoms with Crippen molar-refractivity contribution in [3.8, 4) is 23.7 Å². The Kier molecular flexibility index (Phi) is 4.39. The third kappa shape index (κ3) is 3.59. The fourth-order valence-electron chi connectivity index (χ4n) is 4.21. The standard InChI is InChI=1S/C26H26O2/c1-25(2,27)15-13-17-5-7-19-9-10-20-8-6-18(14-16-26(3,4)28)22-12-11-21(17)23(19)24(20)22/h5-12,17-19,23,27-28H,1-4H3. The van der Waals surface area contributed by atoms with Gasteiger partial charge in [0.15, 0.2) is 0 Å². The van der Waals surface area contributed by atoms with Crippen LogP contribution < -0.4 is 0 Å². The number of aliphatic hydroxyl groups is 2. The van der Waals surface area contributed by atoms with Crippen molar-refractivity contribution in [1.82, 2.24) is 0 Å². The molecule has 28 heavy (non-hydrogen) atoms. The molecule has 142 valence electrons. The molecule has 0 aromatic heterocycles. The average Bonchev–Trinajstić information content (AvgIpc) is 2.62. The SMILES string of the molecule is CC(C)(O)C#CC1C=CC2=C3C1=CC=C1C(C#CC(C)(C)O)C=CC(C=C2)C13. The third-order valence-electron chi connectivity index (χ3n) is 5.39. The van der Waals surface area contributed by atoms with Gasteiger partial charge in [-0.05, 0) is 50.0 Å². The van der Waals surface area contributed by atoms with Gasteiger partial charge in [0.1, 0.15) is 11.2 Å². The molecule has 0 bridgehead atoms. The van der Waals surface area contributed by atoms with Gasteiger partial charge in [0, 0.05) is 11.8 Å². The van der Waals surface area contributed by atoms with Crippen LogP contribution in [-0.4, -0.2) is 21.4 Å². The molecule has 4 rings (SSSR count).